The third kappa shape index (κ3) is 2.85. The van der Waals surface area contributed by atoms with Gasteiger partial charge in [-0.1, -0.05) is 13.3 Å². The molecule has 0 bridgehead atoms. The molecule has 1 N–H and O–H groups in total. The summed E-state index contributed by atoms with van der Waals surface area (Å²) in [7, 11) is 0. The van der Waals surface area contributed by atoms with Crippen molar-refractivity contribution < 1.29 is 0 Å². The van der Waals surface area contributed by atoms with Gasteiger partial charge >= 0.3 is 0 Å². The summed E-state index contributed by atoms with van der Waals surface area (Å²) in [5.41, 5.74) is 1.22. The summed E-state index contributed by atoms with van der Waals surface area (Å²) in [5.74, 6) is 5.00. The fourth-order valence-corrected chi connectivity index (χ4v) is 3.94. The largest absolute Gasteiger partial charge is 0.370 e. The van der Waals surface area contributed by atoms with Crippen LogP contribution in [0.5, 0.6) is 0 Å². The minimum atomic E-state index is 0.900. The normalized spacial score (nSPS) is 24.4. The zero-order valence-corrected chi connectivity index (χ0v) is 13.7. The number of nitrogens with one attached hydrogen (secondary N) is 1. The lowest BCUT2D eigenvalue weighted by Crippen LogP contribution is -2.24. The van der Waals surface area contributed by atoms with Gasteiger partial charge in [0.2, 0.25) is 0 Å². The maximum Gasteiger partial charge on any atom is 0.137 e. The van der Waals surface area contributed by atoms with Crippen LogP contribution in [0, 0.1) is 18.8 Å². The first kappa shape index (κ1) is 14.6. The lowest BCUT2D eigenvalue weighted by molar-refractivity contribution is 0.494. The fraction of sp³-hybridized carbons (Fsp3) is 0.765. The molecule has 1 aliphatic carbocycles. The molecule has 0 spiro atoms. The molecule has 2 atom stereocenters. The number of rotatable bonds is 5. The monoisotopic (exact) mass is 288 g/mol. The standard InChI is InChI=1S/C17H28N4/c1-4-7-15-19-16(18-5-2)12(3)17(20-15)21-10-13-8-6-9-14(13)11-21/h13-14H,4-11H2,1-3H3,(H,18,19,20). The van der Waals surface area contributed by atoms with Crippen molar-refractivity contribution in [3.8, 4) is 0 Å². The van der Waals surface area contributed by atoms with Crippen LogP contribution in [-0.2, 0) is 6.42 Å². The number of nitrogens with zero attached hydrogens (tertiary/aromatic N) is 3. The quantitative estimate of drug-likeness (QED) is 0.901. The van der Waals surface area contributed by atoms with Gasteiger partial charge in [0, 0.05) is 31.6 Å². The Morgan fingerprint density at radius 1 is 1.14 bits per heavy atom. The average Bonchev–Trinajstić information content (AvgIpc) is 3.03. The molecule has 4 heteroatoms. The number of anilines is 2. The predicted molar refractivity (Wildman–Crippen MR) is 88.0 cm³/mol. The third-order valence-corrected chi connectivity index (χ3v) is 5.01. The second-order valence-electron chi connectivity index (χ2n) is 6.57. The van der Waals surface area contributed by atoms with Crippen LogP contribution in [0.2, 0.25) is 0 Å². The summed E-state index contributed by atoms with van der Waals surface area (Å²) in [6.45, 7) is 9.78. The van der Waals surface area contributed by atoms with E-state index in [1.807, 2.05) is 0 Å². The van der Waals surface area contributed by atoms with Gasteiger partial charge in [-0.3, -0.25) is 0 Å². The van der Waals surface area contributed by atoms with Crippen LogP contribution < -0.4 is 10.2 Å². The van der Waals surface area contributed by atoms with Gasteiger partial charge in [0.15, 0.2) is 0 Å². The molecule has 1 aromatic rings. The van der Waals surface area contributed by atoms with Crippen LogP contribution in [0.25, 0.3) is 0 Å². The summed E-state index contributed by atoms with van der Waals surface area (Å²) in [6, 6.07) is 0. The van der Waals surface area contributed by atoms with E-state index in [1.54, 1.807) is 0 Å². The van der Waals surface area contributed by atoms with Crippen molar-refractivity contribution in [1.29, 1.82) is 0 Å². The van der Waals surface area contributed by atoms with Gasteiger partial charge in [0.05, 0.1) is 0 Å². The van der Waals surface area contributed by atoms with Crippen molar-refractivity contribution in [2.24, 2.45) is 11.8 Å². The van der Waals surface area contributed by atoms with E-state index in [2.05, 4.69) is 31.0 Å². The van der Waals surface area contributed by atoms with E-state index in [0.29, 0.717) is 0 Å². The van der Waals surface area contributed by atoms with Gasteiger partial charge in [-0.05, 0) is 44.9 Å². The van der Waals surface area contributed by atoms with E-state index in [1.165, 1.54) is 43.7 Å². The van der Waals surface area contributed by atoms with E-state index in [9.17, 15) is 0 Å². The Morgan fingerprint density at radius 2 is 1.86 bits per heavy atom. The van der Waals surface area contributed by atoms with E-state index in [-0.39, 0.29) is 0 Å². The Morgan fingerprint density at radius 3 is 2.48 bits per heavy atom. The highest BCUT2D eigenvalue weighted by molar-refractivity contribution is 5.59. The molecular formula is C17H28N4. The van der Waals surface area contributed by atoms with Crippen molar-refractivity contribution in [3.63, 3.8) is 0 Å². The van der Waals surface area contributed by atoms with Gasteiger partial charge < -0.3 is 10.2 Å². The smallest absolute Gasteiger partial charge is 0.137 e. The maximum atomic E-state index is 4.89. The van der Waals surface area contributed by atoms with Crippen LogP contribution >= 0.6 is 0 Å². The summed E-state index contributed by atoms with van der Waals surface area (Å²) >= 11 is 0. The van der Waals surface area contributed by atoms with Crippen LogP contribution in [0.3, 0.4) is 0 Å². The van der Waals surface area contributed by atoms with Gasteiger partial charge in [-0.25, -0.2) is 9.97 Å². The van der Waals surface area contributed by atoms with Gasteiger partial charge in [0.25, 0.3) is 0 Å². The highest BCUT2D eigenvalue weighted by Crippen LogP contribution is 2.40. The molecule has 21 heavy (non-hydrogen) atoms. The van der Waals surface area contributed by atoms with Crippen LogP contribution in [-0.4, -0.2) is 29.6 Å². The van der Waals surface area contributed by atoms with Crippen LogP contribution in [0.15, 0.2) is 0 Å². The Kier molecular flexibility index (Phi) is 4.32. The molecule has 1 saturated heterocycles. The van der Waals surface area contributed by atoms with Crippen molar-refractivity contribution >= 4 is 11.6 Å². The van der Waals surface area contributed by atoms with Crippen LogP contribution in [0.4, 0.5) is 11.6 Å². The Balaban J connectivity index is 1.89. The minimum Gasteiger partial charge on any atom is -0.370 e. The molecule has 2 aliphatic rings. The van der Waals surface area contributed by atoms with Crippen molar-refractivity contribution in [1.82, 2.24) is 9.97 Å². The molecule has 2 heterocycles. The first-order valence-electron chi connectivity index (χ1n) is 8.59. The molecule has 116 valence electrons. The highest BCUT2D eigenvalue weighted by atomic mass is 15.2. The molecule has 0 radical (unpaired) electrons. The number of aromatic nitrogens is 2. The Labute approximate surface area is 128 Å². The number of hydrogen-bond donors (Lipinski definition) is 1. The lowest BCUT2D eigenvalue weighted by atomic mass is 10.0. The van der Waals surface area contributed by atoms with Gasteiger partial charge in [0.1, 0.15) is 17.5 Å². The van der Waals surface area contributed by atoms with Crippen molar-refractivity contribution in [2.45, 2.75) is 52.9 Å². The fourth-order valence-electron chi connectivity index (χ4n) is 3.94. The third-order valence-electron chi connectivity index (χ3n) is 5.01. The first-order valence-corrected chi connectivity index (χ1v) is 8.59. The Bertz CT molecular complexity index is 488. The van der Waals surface area contributed by atoms with Crippen molar-refractivity contribution in [2.75, 3.05) is 29.9 Å². The SMILES string of the molecule is CCCc1nc(NCC)c(C)c(N2CC3CCCC3C2)n1. The molecule has 0 aromatic carbocycles. The Hall–Kier alpha value is -1.32. The topological polar surface area (TPSA) is 41.1 Å². The highest BCUT2D eigenvalue weighted by Gasteiger charge is 2.37. The molecule has 2 unspecified atom stereocenters. The van der Waals surface area contributed by atoms with Crippen molar-refractivity contribution in [3.05, 3.63) is 11.4 Å². The predicted octanol–water partition coefficient (Wildman–Crippen LogP) is 3.41. The first-order chi connectivity index (χ1) is 10.2. The minimum absolute atomic E-state index is 0.900. The molecule has 3 rings (SSSR count). The number of hydrogen-bond acceptors (Lipinski definition) is 4. The van der Waals surface area contributed by atoms with E-state index >= 15 is 0 Å². The molecular weight excluding hydrogens is 260 g/mol. The summed E-state index contributed by atoms with van der Waals surface area (Å²) in [6.07, 6.45) is 6.31. The van der Waals surface area contributed by atoms with Crippen LogP contribution in [0.1, 0.15) is 50.9 Å². The molecule has 1 saturated carbocycles. The zero-order chi connectivity index (χ0) is 14.8. The zero-order valence-electron chi connectivity index (χ0n) is 13.7. The molecule has 4 nitrogen and oxygen atoms in total. The number of aryl methyl sites for hydroxylation is 1. The van der Waals surface area contributed by atoms with Gasteiger partial charge in [-0.15, -0.1) is 0 Å². The summed E-state index contributed by atoms with van der Waals surface area (Å²) in [4.78, 5) is 12.1. The number of fused-ring (bicyclic) bond motifs is 1. The van der Waals surface area contributed by atoms with E-state index < -0.39 is 0 Å². The summed E-state index contributed by atoms with van der Waals surface area (Å²) < 4.78 is 0. The van der Waals surface area contributed by atoms with E-state index in [0.717, 1.165) is 42.9 Å². The van der Waals surface area contributed by atoms with E-state index in [4.69, 9.17) is 9.97 Å². The van der Waals surface area contributed by atoms with Gasteiger partial charge in [-0.2, -0.15) is 0 Å². The lowest BCUT2D eigenvalue weighted by Gasteiger charge is -2.23. The maximum absolute atomic E-state index is 4.89. The second kappa shape index (κ2) is 6.20. The molecule has 0 amide bonds. The molecule has 1 aromatic heterocycles. The molecule has 2 fully saturated rings. The molecule has 1 aliphatic heterocycles. The summed E-state index contributed by atoms with van der Waals surface area (Å²) in [5, 5.41) is 3.41. The average molecular weight is 288 g/mol. The second-order valence-corrected chi connectivity index (χ2v) is 6.57.